The lowest BCUT2D eigenvalue weighted by atomic mass is 10.2. The third-order valence-corrected chi connectivity index (χ3v) is 3.37. The normalized spacial score (nSPS) is 10.9. The Hall–Kier alpha value is -2.28. The van der Waals surface area contributed by atoms with Crippen molar-refractivity contribution in [2.75, 3.05) is 0 Å². The third-order valence-electron chi connectivity index (χ3n) is 2.41. The Morgan fingerprint density at radius 2 is 2.22 bits per heavy atom. The van der Waals surface area contributed by atoms with Crippen LogP contribution in [-0.2, 0) is 0 Å². The van der Waals surface area contributed by atoms with E-state index in [0.717, 1.165) is 11.3 Å². The molecule has 1 N–H and O–H groups in total. The molecule has 5 nitrogen and oxygen atoms in total. The number of rotatable bonds is 2. The van der Waals surface area contributed by atoms with Crippen LogP contribution in [0.15, 0.2) is 30.5 Å². The summed E-state index contributed by atoms with van der Waals surface area (Å²) >= 11 is 1.02. The van der Waals surface area contributed by atoms with E-state index in [4.69, 9.17) is 5.11 Å². The molecule has 0 aliphatic heterocycles. The number of benzene rings is 1. The van der Waals surface area contributed by atoms with Crippen molar-refractivity contribution in [2.24, 2.45) is 0 Å². The molecule has 7 heteroatoms. The quantitative estimate of drug-likeness (QED) is 0.770. The summed E-state index contributed by atoms with van der Waals surface area (Å²) in [5, 5.41) is 16.7. The lowest BCUT2D eigenvalue weighted by Crippen LogP contribution is -1.92. The number of aromatic nitrogens is 3. The first kappa shape index (κ1) is 10.8. The van der Waals surface area contributed by atoms with Crippen LogP contribution in [-0.4, -0.2) is 25.7 Å². The van der Waals surface area contributed by atoms with E-state index in [-0.39, 0.29) is 10.7 Å². The molecule has 1 aromatic carbocycles. The zero-order valence-corrected chi connectivity index (χ0v) is 9.69. The molecule has 0 unspecified atom stereocenters. The van der Waals surface area contributed by atoms with Crippen LogP contribution in [0.2, 0.25) is 0 Å². The van der Waals surface area contributed by atoms with Gasteiger partial charge in [0.1, 0.15) is 10.7 Å². The van der Waals surface area contributed by atoms with Crippen molar-refractivity contribution in [2.45, 2.75) is 0 Å². The number of nitrogens with zero attached hydrogens (tertiary/aromatic N) is 3. The minimum atomic E-state index is -1.02. The van der Waals surface area contributed by atoms with Crippen molar-refractivity contribution in [3.63, 3.8) is 0 Å². The minimum absolute atomic E-state index is 0.164. The molecule has 0 amide bonds. The largest absolute Gasteiger partial charge is 0.477 e. The number of hydrogen-bond acceptors (Lipinski definition) is 4. The van der Waals surface area contributed by atoms with Crippen LogP contribution in [0.3, 0.4) is 0 Å². The number of aromatic carboxylic acids is 1. The number of carboxylic acid groups (broad SMARTS) is 1. The Bertz CT molecular complexity index is 750. The molecule has 18 heavy (non-hydrogen) atoms. The third kappa shape index (κ3) is 1.65. The van der Waals surface area contributed by atoms with Crippen molar-refractivity contribution in [3.05, 3.63) is 41.2 Å². The second-order valence-corrected chi connectivity index (χ2v) is 4.60. The zero-order chi connectivity index (χ0) is 12.7. The average molecular weight is 263 g/mol. The van der Waals surface area contributed by atoms with Crippen LogP contribution < -0.4 is 0 Å². The Morgan fingerprint density at radius 3 is 2.94 bits per heavy atom. The molecule has 0 radical (unpaired) electrons. The molecule has 3 aromatic rings. The molecule has 0 aliphatic carbocycles. The highest BCUT2D eigenvalue weighted by Gasteiger charge is 2.15. The van der Waals surface area contributed by atoms with Gasteiger partial charge in [-0.3, -0.25) is 4.40 Å². The number of carbonyl (C=O) groups is 1. The molecule has 90 valence electrons. The van der Waals surface area contributed by atoms with Gasteiger partial charge in [-0.25, -0.2) is 9.18 Å². The lowest BCUT2D eigenvalue weighted by molar-refractivity contribution is 0.0702. The van der Waals surface area contributed by atoms with Crippen LogP contribution in [0, 0.1) is 5.82 Å². The van der Waals surface area contributed by atoms with Crippen molar-refractivity contribution >= 4 is 22.3 Å². The summed E-state index contributed by atoms with van der Waals surface area (Å²) in [5.74, 6) is -0.970. The predicted molar refractivity (Wildman–Crippen MR) is 63.2 cm³/mol. The maximum Gasteiger partial charge on any atom is 0.347 e. The highest BCUT2D eigenvalue weighted by atomic mass is 32.1. The SMILES string of the molecule is O=C(O)c1cn2c(-c3cccc(F)c3)nnc2s1. The molecule has 0 spiro atoms. The first-order valence-electron chi connectivity index (χ1n) is 4.99. The summed E-state index contributed by atoms with van der Waals surface area (Å²) in [5.41, 5.74) is 0.553. The first-order chi connectivity index (χ1) is 8.65. The van der Waals surface area contributed by atoms with E-state index in [0.29, 0.717) is 16.3 Å². The monoisotopic (exact) mass is 263 g/mol. The maximum absolute atomic E-state index is 13.1. The standard InChI is InChI=1S/C11H6FN3O2S/c12-7-3-1-2-6(4-7)9-13-14-11-15(9)5-8(18-11)10(16)17/h1-5H,(H,16,17). The number of fused-ring (bicyclic) bond motifs is 1. The van der Waals surface area contributed by atoms with E-state index in [1.54, 1.807) is 16.5 Å². The summed E-state index contributed by atoms with van der Waals surface area (Å²) in [6, 6.07) is 5.92. The van der Waals surface area contributed by atoms with Gasteiger partial charge in [0.25, 0.3) is 0 Å². The van der Waals surface area contributed by atoms with Gasteiger partial charge in [-0.05, 0) is 12.1 Å². The molecule has 3 rings (SSSR count). The molecule has 2 aromatic heterocycles. The number of halogens is 1. The zero-order valence-electron chi connectivity index (χ0n) is 8.87. The highest BCUT2D eigenvalue weighted by Crippen LogP contribution is 2.24. The maximum atomic E-state index is 13.1. The molecule has 0 atom stereocenters. The molecular weight excluding hydrogens is 257 g/mol. The second-order valence-electron chi connectivity index (χ2n) is 3.59. The summed E-state index contributed by atoms with van der Waals surface area (Å²) in [4.78, 5) is 11.5. The Morgan fingerprint density at radius 1 is 1.39 bits per heavy atom. The van der Waals surface area contributed by atoms with Gasteiger partial charge in [0.15, 0.2) is 5.82 Å². The fourth-order valence-electron chi connectivity index (χ4n) is 1.63. The van der Waals surface area contributed by atoms with Crippen molar-refractivity contribution in [1.29, 1.82) is 0 Å². The van der Waals surface area contributed by atoms with Gasteiger partial charge in [0.2, 0.25) is 4.96 Å². The van der Waals surface area contributed by atoms with Gasteiger partial charge < -0.3 is 5.11 Å². The summed E-state index contributed by atoms with van der Waals surface area (Å²) in [7, 11) is 0. The van der Waals surface area contributed by atoms with Gasteiger partial charge in [-0.1, -0.05) is 23.5 Å². The number of carboxylic acids is 1. The van der Waals surface area contributed by atoms with E-state index in [1.165, 1.54) is 18.3 Å². The lowest BCUT2D eigenvalue weighted by Gasteiger charge is -1.97. The van der Waals surface area contributed by atoms with Crippen molar-refractivity contribution in [1.82, 2.24) is 14.6 Å². The Balaban J connectivity index is 2.20. The van der Waals surface area contributed by atoms with Crippen LogP contribution in [0.4, 0.5) is 4.39 Å². The molecule has 0 aliphatic rings. The van der Waals surface area contributed by atoms with Gasteiger partial charge in [0.05, 0.1) is 0 Å². The van der Waals surface area contributed by atoms with Crippen molar-refractivity contribution in [3.8, 4) is 11.4 Å². The molecule has 0 saturated carbocycles. The van der Waals surface area contributed by atoms with Gasteiger partial charge in [-0.2, -0.15) is 0 Å². The van der Waals surface area contributed by atoms with Crippen LogP contribution in [0.1, 0.15) is 9.67 Å². The summed E-state index contributed by atoms with van der Waals surface area (Å²) < 4.78 is 14.7. The number of hydrogen-bond donors (Lipinski definition) is 1. The van der Waals surface area contributed by atoms with E-state index in [9.17, 15) is 9.18 Å². The summed E-state index contributed by atoms with van der Waals surface area (Å²) in [6.07, 6.45) is 1.43. The van der Waals surface area contributed by atoms with E-state index in [2.05, 4.69) is 10.2 Å². The van der Waals surface area contributed by atoms with E-state index < -0.39 is 5.97 Å². The van der Waals surface area contributed by atoms with Gasteiger partial charge in [0, 0.05) is 11.8 Å². The topological polar surface area (TPSA) is 67.5 Å². The van der Waals surface area contributed by atoms with E-state index >= 15 is 0 Å². The Labute approximate surface area is 104 Å². The molecule has 2 heterocycles. The van der Waals surface area contributed by atoms with Gasteiger partial charge in [-0.15, -0.1) is 10.2 Å². The van der Waals surface area contributed by atoms with Crippen LogP contribution >= 0.6 is 11.3 Å². The second kappa shape index (κ2) is 3.88. The number of thiazole rings is 1. The average Bonchev–Trinajstić information content (AvgIpc) is 2.87. The Kier molecular flexibility index (Phi) is 2.34. The summed E-state index contributed by atoms with van der Waals surface area (Å²) in [6.45, 7) is 0. The van der Waals surface area contributed by atoms with Gasteiger partial charge >= 0.3 is 5.97 Å². The fourth-order valence-corrected chi connectivity index (χ4v) is 2.39. The molecule has 0 fully saturated rings. The van der Waals surface area contributed by atoms with Crippen LogP contribution in [0.5, 0.6) is 0 Å². The minimum Gasteiger partial charge on any atom is -0.477 e. The fraction of sp³-hybridized carbons (Fsp3) is 0. The molecule has 0 bridgehead atoms. The van der Waals surface area contributed by atoms with E-state index in [1.807, 2.05) is 0 Å². The highest BCUT2D eigenvalue weighted by molar-refractivity contribution is 7.18. The van der Waals surface area contributed by atoms with Crippen molar-refractivity contribution < 1.29 is 14.3 Å². The molecule has 0 saturated heterocycles. The predicted octanol–water partition coefficient (Wildman–Crippen LogP) is 2.30. The van der Waals surface area contributed by atoms with Crippen LogP contribution in [0.25, 0.3) is 16.3 Å². The smallest absolute Gasteiger partial charge is 0.347 e. The molecular formula is C11H6FN3O2S. The first-order valence-corrected chi connectivity index (χ1v) is 5.80.